The van der Waals surface area contributed by atoms with Crippen molar-refractivity contribution < 1.29 is 4.74 Å². The van der Waals surface area contributed by atoms with Crippen molar-refractivity contribution in [3.8, 4) is 5.75 Å². The Morgan fingerprint density at radius 3 is 2.67 bits per heavy atom. The van der Waals surface area contributed by atoms with Gasteiger partial charge in [-0.3, -0.25) is 0 Å². The van der Waals surface area contributed by atoms with E-state index in [0.717, 1.165) is 44.0 Å². The van der Waals surface area contributed by atoms with Crippen LogP contribution in [0.25, 0.3) is 0 Å². The third kappa shape index (κ3) is 5.41. The minimum Gasteiger partial charge on any atom is -0.491 e. The van der Waals surface area contributed by atoms with Gasteiger partial charge in [0.1, 0.15) is 5.75 Å². The molecule has 0 atom stereocenters. The average molecular weight is 250 g/mol. The van der Waals surface area contributed by atoms with E-state index in [0.29, 0.717) is 0 Å². The molecule has 0 aliphatic heterocycles. The minimum absolute atomic E-state index is 0.724. The van der Waals surface area contributed by atoms with Crippen molar-refractivity contribution in [1.82, 2.24) is 5.32 Å². The highest BCUT2D eigenvalue weighted by atomic mass is 16.5. The maximum Gasteiger partial charge on any atom is 0.142 e. The third-order valence-corrected chi connectivity index (χ3v) is 2.83. The Kier molecular flexibility index (Phi) is 7.26. The summed E-state index contributed by atoms with van der Waals surface area (Å²) in [6.45, 7) is 7.13. The van der Waals surface area contributed by atoms with Gasteiger partial charge in [0.25, 0.3) is 0 Å². The van der Waals surface area contributed by atoms with Crippen molar-refractivity contribution >= 4 is 5.69 Å². The van der Waals surface area contributed by atoms with Gasteiger partial charge in [0.2, 0.25) is 0 Å². The Morgan fingerprint density at radius 2 is 2.00 bits per heavy atom. The van der Waals surface area contributed by atoms with E-state index < -0.39 is 0 Å². The van der Waals surface area contributed by atoms with Crippen LogP contribution < -0.4 is 15.8 Å². The Balaban J connectivity index is 2.36. The molecule has 0 radical (unpaired) electrons. The van der Waals surface area contributed by atoms with Crippen LogP contribution in [0.5, 0.6) is 5.75 Å². The first-order valence-electron chi connectivity index (χ1n) is 6.99. The summed E-state index contributed by atoms with van der Waals surface area (Å²) in [6.07, 6.45) is 4.50. The molecular weight excluding hydrogens is 224 g/mol. The molecule has 1 aromatic rings. The average Bonchev–Trinajstić information content (AvgIpc) is 2.37. The van der Waals surface area contributed by atoms with Crippen LogP contribution in [0.4, 0.5) is 5.69 Å². The maximum absolute atomic E-state index is 5.97. The molecule has 0 saturated carbocycles. The molecule has 0 aromatic heterocycles. The van der Waals surface area contributed by atoms with Gasteiger partial charge in [0.05, 0.1) is 12.3 Å². The lowest BCUT2D eigenvalue weighted by atomic mass is 10.1. The van der Waals surface area contributed by atoms with Crippen LogP contribution in [0, 0.1) is 0 Å². The number of benzene rings is 1. The van der Waals surface area contributed by atoms with E-state index in [4.69, 9.17) is 10.5 Å². The lowest BCUT2D eigenvalue weighted by Crippen LogP contribution is -2.18. The molecular formula is C15H26N2O. The topological polar surface area (TPSA) is 47.3 Å². The largest absolute Gasteiger partial charge is 0.491 e. The highest BCUT2D eigenvalue weighted by molar-refractivity contribution is 5.54. The molecule has 0 aliphatic carbocycles. The van der Waals surface area contributed by atoms with Crippen molar-refractivity contribution in [3.63, 3.8) is 0 Å². The quantitative estimate of drug-likeness (QED) is 0.523. The van der Waals surface area contributed by atoms with Gasteiger partial charge < -0.3 is 15.8 Å². The number of nitrogens with one attached hydrogen (secondary N) is 1. The SMILES string of the molecule is CCCCNCCc1ccc(OCCC)c(N)c1. The summed E-state index contributed by atoms with van der Waals surface area (Å²) in [7, 11) is 0. The second-order valence-corrected chi connectivity index (χ2v) is 4.57. The highest BCUT2D eigenvalue weighted by Crippen LogP contribution is 2.22. The van der Waals surface area contributed by atoms with E-state index in [9.17, 15) is 0 Å². The molecule has 1 aromatic carbocycles. The zero-order chi connectivity index (χ0) is 13.2. The smallest absolute Gasteiger partial charge is 0.142 e. The fourth-order valence-electron chi connectivity index (χ4n) is 1.76. The van der Waals surface area contributed by atoms with Crippen LogP contribution in [-0.2, 0) is 6.42 Å². The van der Waals surface area contributed by atoms with Gasteiger partial charge in [0.15, 0.2) is 0 Å². The molecule has 0 amide bonds. The number of ether oxygens (including phenoxy) is 1. The van der Waals surface area contributed by atoms with Crippen LogP contribution in [0.2, 0.25) is 0 Å². The Hall–Kier alpha value is -1.22. The van der Waals surface area contributed by atoms with Crippen LogP contribution in [0.3, 0.4) is 0 Å². The highest BCUT2D eigenvalue weighted by Gasteiger charge is 2.01. The molecule has 3 heteroatoms. The Bertz CT molecular complexity index is 339. The number of hydrogen-bond acceptors (Lipinski definition) is 3. The first-order chi connectivity index (χ1) is 8.77. The van der Waals surface area contributed by atoms with E-state index >= 15 is 0 Å². The summed E-state index contributed by atoms with van der Waals surface area (Å²) in [5.74, 6) is 0.805. The van der Waals surface area contributed by atoms with Gasteiger partial charge in [-0.05, 0) is 50.0 Å². The number of anilines is 1. The first-order valence-corrected chi connectivity index (χ1v) is 6.99. The van der Waals surface area contributed by atoms with Crippen molar-refractivity contribution in [3.05, 3.63) is 23.8 Å². The fraction of sp³-hybridized carbons (Fsp3) is 0.600. The van der Waals surface area contributed by atoms with Gasteiger partial charge in [-0.2, -0.15) is 0 Å². The van der Waals surface area contributed by atoms with Crippen LogP contribution in [-0.4, -0.2) is 19.7 Å². The summed E-state index contributed by atoms with van der Waals surface area (Å²) < 4.78 is 5.56. The predicted molar refractivity (Wildman–Crippen MR) is 78.1 cm³/mol. The molecule has 3 N–H and O–H groups in total. The number of rotatable bonds is 9. The van der Waals surface area contributed by atoms with E-state index in [2.05, 4.69) is 25.2 Å². The molecule has 0 unspecified atom stereocenters. The van der Waals surface area contributed by atoms with E-state index in [-0.39, 0.29) is 0 Å². The molecule has 1 rings (SSSR count). The monoisotopic (exact) mass is 250 g/mol. The van der Waals surface area contributed by atoms with Crippen molar-refractivity contribution in [1.29, 1.82) is 0 Å². The maximum atomic E-state index is 5.97. The van der Waals surface area contributed by atoms with Crippen LogP contribution in [0.15, 0.2) is 18.2 Å². The summed E-state index contributed by atoms with van der Waals surface area (Å²) >= 11 is 0. The third-order valence-electron chi connectivity index (χ3n) is 2.83. The molecule has 102 valence electrons. The predicted octanol–water partition coefficient (Wildman–Crippen LogP) is 2.99. The normalized spacial score (nSPS) is 10.6. The number of nitrogen functional groups attached to an aromatic ring is 1. The molecule has 0 spiro atoms. The summed E-state index contributed by atoms with van der Waals surface area (Å²) in [6, 6.07) is 6.10. The van der Waals surface area contributed by atoms with Crippen molar-refractivity contribution in [2.75, 3.05) is 25.4 Å². The first kappa shape index (κ1) is 14.8. The zero-order valence-corrected chi connectivity index (χ0v) is 11.7. The van der Waals surface area contributed by atoms with Crippen molar-refractivity contribution in [2.24, 2.45) is 0 Å². The van der Waals surface area contributed by atoms with Gasteiger partial charge in [-0.1, -0.05) is 26.3 Å². The van der Waals surface area contributed by atoms with Crippen LogP contribution in [0.1, 0.15) is 38.7 Å². The van der Waals surface area contributed by atoms with Gasteiger partial charge in [-0.25, -0.2) is 0 Å². The van der Waals surface area contributed by atoms with Gasteiger partial charge in [-0.15, -0.1) is 0 Å². The number of unbranched alkanes of at least 4 members (excludes halogenated alkanes) is 1. The molecule has 0 saturated heterocycles. The molecule has 0 fully saturated rings. The Morgan fingerprint density at radius 1 is 1.17 bits per heavy atom. The van der Waals surface area contributed by atoms with Gasteiger partial charge >= 0.3 is 0 Å². The zero-order valence-electron chi connectivity index (χ0n) is 11.7. The lowest BCUT2D eigenvalue weighted by Gasteiger charge is -2.10. The second-order valence-electron chi connectivity index (χ2n) is 4.57. The molecule has 0 heterocycles. The minimum atomic E-state index is 0.724. The lowest BCUT2D eigenvalue weighted by molar-refractivity contribution is 0.319. The van der Waals surface area contributed by atoms with E-state index in [1.54, 1.807) is 0 Å². The number of nitrogens with two attached hydrogens (primary N) is 1. The van der Waals surface area contributed by atoms with E-state index in [1.165, 1.54) is 18.4 Å². The molecule has 0 aliphatic rings. The van der Waals surface area contributed by atoms with Gasteiger partial charge in [0, 0.05) is 0 Å². The molecule has 18 heavy (non-hydrogen) atoms. The summed E-state index contributed by atoms with van der Waals surface area (Å²) in [4.78, 5) is 0. The van der Waals surface area contributed by atoms with Crippen LogP contribution >= 0.6 is 0 Å². The van der Waals surface area contributed by atoms with Crippen molar-refractivity contribution in [2.45, 2.75) is 39.5 Å². The summed E-state index contributed by atoms with van der Waals surface area (Å²) in [5, 5.41) is 3.43. The Labute approximate surface area is 111 Å². The standard InChI is InChI=1S/C15H26N2O/c1-3-5-9-17-10-8-13-6-7-15(14(16)12-13)18-11-4-2/h6-7,12,17H,3-5,8-11,16H2,1-2H3. The molecule has 3 nitrogen and oxygen atoms in total. The molecule has 0 bridgehead atoms. The summed E-state index contributed by atoms with van der Waals surface area (Å²) in [5.41, 5.74) is 7.98. The number of hydrogen-bond donors (Lipinski definition) is 2. The van der Waals surface area contributed by atoms with E-state index in [1.807, 2.05) is 12.1 Å². The fourth-order valence-corrected chi connectivity index (χ4v) is 1.76. The second kappa shape index (κ2) is 8.81.